The maximum atomic E-state index is 14.2. The number of H-pyrrole nitrogens is 1. The summed E-state index contributed by atoms with van der Waals surface area (Å²) >= 11 is 0. The van der Waals surface area contributed by atoms with Crippen LogP contribution >= 0.6 is 0 Å². The summed E-state index contributed by atoms with van der Waals surface area (Å²) in [6.45, 7) is 1.36. The van der Waals surface area contributed by atoms with Crippen LogP contribution in [0.2, 0.25) is 0 Å². The fourth-order valence-electron chi connectivity index (χ4n) is 6.07. The number of piperidine rings is 1. The quantitative estimate of drug-likeness (QED) is 0.451. The maximum Gasteiger partial charge on any atom is 0.242 e. The first-order chi connectivity index (χ1) is 18.0. The van der Waals surface area contributed by atoms with Gasteiger partial charge in [0.1, 0.15) is 0 Å². The van der Waals surface area contributed by atoms with Gasteiger partial charge in [0, 0.05) is 48.2 Å². The molecule has 2 aliphatic heterocycles. The predicted molar refractivity (Wildman–Crippen MR) is 138 cm³/mol. The number of anilines is 1. The average molecular weight is 494 g/mol. The fourth-order valence-corrected chi connectivity index (χ4v) is 6.07. The molecule has 37 heavy (non-hydrogen) atoms. The summed E-state index contributed by atoms with van der Waals surface area (Å²) in [7, 11) is 0. The van der Waals surface area contributed by atoms with Gasteiger partial charge in [-0.3, -0.25) is 24.7 Å². The Labute approximate surface area is 213 Å². The van der Waals surface area contributed by atoms with E-state index in [0.29, 0.717) is 32.5 Å². The summed E-state index contributed by atoms with van der Waals surface area (Å²) in [6, 6.07) is 10.1. The maximum absolute atomic E-state index is 14.2. The third-order valence-corrected chi connectivity index (χ3v) is 8.35. The number of fused-ring (bicyclic) bond motifs is 3. The van der Waals surface area contributed by atoms with E-state index >= 15 is 0 Å². The number of nitrogens with zero attached hydrogens (tertiary/aromatic N) is 5. The second-order valence-corrected chi connectivity index (χ2v) is 10.5. The molecule has 7 rings (SSSR count). The molecule has 0 atom stereocenters. The smallest absolute Gasteiger partial charge is 0.242 e. The van der Waals surface area contributed by atoms with Crippen molar-refractivity contribution in [1.29, 1.82) is 0 Å². The Morgan fingerprint density at radius 3 is 2.62 bits per heavy atom. The van der Waals surface area contributed by atoms with Crippen LogP contribution in [0, 0.1) is 0 Å². The third-order valence-electron chi connectivity index (χ3n) is 8.35. The molecule has 5 heterocycles. The molecule has 0 unspecified atom stereocenters. The van der Waals surface area contributed by atoms with Crippen LogP contribution in [0.15, 0.2) is 61.3 Å². The summed E-state index contributed by atoms with van der Waals surface area (Å²) in [5, 5.41) is 9.15. The Balaban J connectivity index is 1.25. The number of amides is 2. The number of carbonyl (C=O) groups excluding carboxylic acids is 2. The van der Waals surface area contributed by atoms with Gasteiger partial charge in [-0.15, -0.1) is 0 Å². The molecule has 2 amide bonds. The first-order valence-electron chi connectivity index (χ1n) is 12.7. The summed E-state index contributed by atoms with van der Waals surface area (Å²) < 4.78 is 0. The lowest BCUT2D eigenvalue weighted by Gasteiger charge is -2.39. The number of carbonyl (C=O) groups is 2. The zero-order valence-corrected chi connectivity index (χ0v) is 20.4. The molecule has 2 fully saturated rings. The van der Waals surface area contributed by atoms with E-state index in [9.17, 15) is 9.59 Å². The molecule has 4 aromatic rings. The highest BCUT2D eigenvalue weighted by molar-refractivity contribution is 6.08. The number of hydrogen-bond donors (Lipinski definition) is 2. The van der Waals surface area contributed by atoms with Crippen molar-refractivity contribution in [3.8, 4) is 11.1 Å². The van der Waals surface area contributed by atoms with Crippen LogP contribution in [-0.2, 0) is 21.5 Å². The molecule has 1 aromatic carbocycles. The molecule has 0 bridgehead atoms. The molecule has 3 aliphatic rings. The summed E-state index contributed by atoms with van der Waals surface area (Å²) in [5.41, 5.74) is 9.31. The first-order valence-corrected chi connectivity index (χ1v) is 12.7. The Bertz CT molecular complexity index is 1540. The van der Waals surface area contributed by atoms with Crippen LogP contribution < -0.4 is 10.6 Å². The van der Waals surface area contributed by atoms with Gasteiger partial charge in [0.15, 0.2) is 0 Å². The van der Waals surface area contributed by atoms with Crippen LogP contribution in [0.4, 0.5) is 5.69 Å². The number of rotatable bonds is 4. The van der Waals surface area contributed by atoms with E-state index < -0.39 is 11.0 Å². The van der Waals surface area contributed by atoms with Crippen molar-refractivity contribution >= 4 is 28.3 Å². The number of pyridine rings is 2. The second kappa shape index (κ2) is 7.94. The molecule has 186 valence electrons. The molecular formula is C28H27N7O2. The summed E-state index contributed by atoms with van der Waals surface area (Å²) in [4.78, 5) is 39.9. The van der Waals surface area contributed by atoms with E-state index in [4.69, 9.17) is 10.7 Å². The van der Waals surface area contributed by atoms with Crippen molar-refractivity contribution in [3.63, 3.8) is 0 Å². The molecule has 1 saturated carbocycles. The van der Waals surface area contributed by atoms with Gasteiger partial charge in [-0.2, -0.15) is 5.10 Å². The lowest BCUT2D eigenvalue weighted by molar-refractivity contribution is -0.137. The molecule has 0 radical (unpaired) electrons. The van der Waals surface area contributed by atoms with E-state index in [1.807, 2.05) is 46.5 Å². The van der Waals surface area contributed by atoms with Gasteiger partial charge in [-0.1, -0.05) is 24.3 Å². The van der Waals surface area contributed by atoms with E-state index in [1.54, 1.807) is 18.6 Å². The van der Waals surface area contributed by atoms with E-state index in [-0.39, 0.29) is 11.8 Å². The number of aromatic nitrogens is 4. The molecule has 1 spiro atoms. The highest BCUT2D eigenvalue weighted by Gasteiger charge is 2.55. The van der Waals surface area contributed by atoms with Crippen molar-refractivity contribution in [2.45, 2.75) is 43.2 Å². The topological polar surface area (TPSA) is 121 Å². The van der Waals surface area contributed by atoms with Gasteiger partial charge in [-0.25, -0.2) is 0 Å². The van der Waals surface area contributed by atoms with Crippen LogP contribution in [0.3, 0.4) is 0 Å². The average Bonchev–Trinajstić information content (AvgIpc) is 3.38. The Kier molecular flexibility index (Phi) is 4.75. The van der Waals surface area contributed by atoms with Crippen LogP contribution in [0.25, 0.3) is 21.9 Å². The van der Waals surface area contributed by atoms with E-state index in [2.05, 4.69) is 21.2 Å². The highest BCUT2D eigenvalue weighted by atomic mass is 16.2. The van der Waals surface area contributed by atoms with Gasteiger partial charge in [0.05, 0.1) is 41.3 Å². The minimum atomic E-state index is -0.691. The standard InChI is InChI=1S/C28H27N7O2/c29-28(6-7-28)26(37)34-11-8-27(9-12-34)21-5-10-30-16-23(21)35(25(27)36)17-22-24(19-14-32-33-15-19)20-4-2-1-3-18(20)13-31-22/h1-5,10,13-16H,6-9,11-12,17,29H2,(H,32,33). The third kappa shape index (κ3) is 3.30. The van der Waals surface area contributed by atoms with Gasteiger partial charge in [0.25, 0.3) is 0 Å². The lowest BCUT2D eigenvalue weighted by atomic mass is 9.74. The first kappa shape index (κ1) is 22.1. The van der Waals surface area contributed by atoms with Crippen molar-refractivity contribution in [2.75, 3.05) is 18.0 Å². The van der Waals surface area contributed by atoms with Crippen LogP contribution in [0.5, 0.6) is 0 Å². The van der Waals surface area contributed by atoms with E-state index in [0.717, 1.165) is 51.7 Å². The van der Waals surface area contributed by atoms with Crippen molar-refractivity contribution in [1.82, 2.24) is 25.1 Å². The highest BCUT2D eigenvalue weighted by Crippen LogP contribution is 2.49. The minimum absolute atomic E-state index is 0.0183. The Morgan fingerprint density at radius 2 is 1.86 bits per heavy atom. The van der Waals surface area contributed by atoms with Gasteiger partial charge in [-0.05, 0) is 42.7 Å². The summed E-state index contributed by atoms with van der Waals surface area (Å²) in [6.07, 6.45) is 11.6. The van der Waals surface area contributed by atoms with Crippen LogP contribution in [0.1, 0.15) is 36.9 Å². The molecule has 9 heteroatoms. The van der Waals surface area contributed by atoms with Gasteiger partial charge >= 0.3 is 0 Å². The number of aromatic amines is 1. The van der Waals surface area contributed by atoms with Crippen molar-refractivity contribution in [2.24, 2.45) is 5.73 Å². The number of nitrogens with one attached hydrogen (secondary N) is 1. The molecule has 1 saturated heterocycles. The summed E-state index contributed by atoms with van der Waals surface area (Å²) in [5.74, 6) is 0.0642. The zero-order valence-electron chi connectivity index (χ0n) is 20.4. The fraction of sp³-hybridized carbons (Fsp3) is 0.321. The minimum Gasteiger partial charge on any atom is -0.341 e. The number of likely N-dealkylation sites (tertiary alicyclic amines) is 1. The number of hydrogen-bond acceptors (Lipinski definition) is 6. The molecule has 3 aromatic heterocycles. The largest absolute Gasteiger partial charge is 0.341 e. The Hall–Kier alpha value is -4.11. The SMILES string of the molecule is NC1(C(=O)N2CCC3(CC2)C(=O)N(Cc2ncc4ccccc4c2-c2cn[nH]c2)c2cnccc23)CC1. The number of benzene rings is 1. The molecule has 9 nitrogen and oxygen atoms in total. The molecule has 3 N–H and O–H groups in total. The van der Waals surface area contributed by atoms with Crippen molar-refractivity contribution < 1.29 is 9.59 Å². The molecule has 1 aliphatic carbocycles. The number of nitrogens with two attached hydrogens (primary N) is 1. The monoisotopic (exact) mass is 493 g/mol. The second-order valence-electron chi connectivity index (χ2n) is 10.5. The molecular weight excluding hydrogens is 466 g/mol. The normalized spacial score (nSPS) is 19.4. The van der Waals surface area contributed by atoms with E-state index in [1.165, 1.54) is 0 Å². The van der Waals surface area contributed by atoms with Gasteiger partial charge in [0.2, 0.25) is 11.8 Å². The van der Waals surface area contributed by atoms with Crippen LogP contribution in [-0.4, -0.2) is 55.5 Å². The van der Waals surface area contributed by atoms with Crippen molar-refractivity contribution in [3.05, 3.63) is 72.6 Å². The predicted octanol–water partition coefficient (Wildman–Crippen LogP) is 2.92. The van der Waals surface area contributed by atoms with Gasteiger partial charge < -0.3 is 15.5 Å². The Morgan fingerprint density at radius 1 is 1.05 bits per heavy atom. The zero-order chi connectivity index (χ0) is 25.2. The lowest BCUT2D eigenvalue weighted by Crippen LogP contribution is -2.54.